The van der Waals surface area contributed by atoms with Gasteiger partial charge >= 0.3 is 0 Å². The Morgan fingerprint density at radius 1 is 0.636 bits per heavy atom. The molecule has 2 amide bonds. The molecule has 2 fully saturated rings. The topological polar surface area (TPSA) is 40.6 Å². The first-order valence-electron chi connectivity index (χ1n) is 12.1. The zero-order chi connectivity index (χ0) is 23.2. The number of hydrogen-bond donors (Lipinski definition) is 0. The number of benzene rings is 2. The van der Waals surface area contributed by atoms with Crippen molar-refractivity contribution in [2.45, 2.75) is 44.9 Å². The third-order valence-electron chi connectivity index (χ3n) is 7.21. The number of amides is 2. The Kier molecular flexibility index (Phi) is 8.32. The van der Waals surface area contributed by atoms with Crippen LogP contribution in [0.4, 0.5) is 0 Å². The van der Waals surface area contributed by atoms with Gasteiger partial charge in [0, 0.05) is 47.4 Å². The Labute approximate surface area is 206 Å². The van der Waals surface area contributed by atoms with Gasteiger partial charge in [0.25, 0.3) is 11.8 Å². The van der Waals surface area contributed by atoms with Crippen molar-refractivity contribution in [3.8, 4) is 0 Å². The lowest BCUT2D eigenvalue weighted by molar-refractivity contribution is 0.0680. The Balaban J connectivity index is 1.13. The molecule has 0 N–H and O–H groups in total. The van der Waals surface area contributed by atoms with Crippen LogP contribution < -0.4 is 0 Å². The number of halogens is 2. The molecule has 6 heteroatoms. The molecule has 2 aliphatic rings. The zero-order valence-corrected chi connectivity index (χ0v) is 20.5. The number of nitrogens with zero attached hydrogens (tertiary/aromatic N) is 2. The number of rotatable bonds is 6. The maximum Gasteiger partial charge on any atom is 0.253 e. The standard InChI is InChI=1S/C27H32Cl2N2O2/c28-24-8-4-22(5-9-24)26(32)30-16-12-20(13-17-30)2-1-3-21-14-18-31(19-15-21)27(33)23-6-10-25(29)11-7-23/h4-11,20-21H,1-3,12-19H2. The van der Waals surface area contributed by atoms with E-state index in [0.717, 1.165) is 63.0 Å². The fourth-order valence-corrected chi connectivity index (χ4v) is 5.35. The summed E-state index contributed by atoms with van der Waals surface area (Å²) in [7, 11) is 0. The van der Waals surface area contributed by atoms with Crippen LogP contribution in [0.25, 0.3) is 0 Å². The largest absolute Gasteiger partial charge is 0.339 e. The molecule has 2 saturated heterocycles. The van der Waals surface area contributed by atoms with Crippen molar-refractivity contribution in [1.29, 1.82) is 0 Å². The number of carbonyl (C=O) groups excluding carboxylic acids is 2. The van der Waals surface area contributed by atoms with Crippen LogP contribution in [0.5, 0.6) is 0 Å². The van der Waals surface area contributed by atoms with Crippen molar-refractivity contribution in [3.63, 3.8) is 0 Å². The van der Waals surface area contributed by atoms with Crippen LogP contribution in [0.3, 0.4) is 0 Å². The van der Waals surface area contributed by atoms with E-state index in [2.05, 4.69) is 0 Å². The molecule has 4 nitrogen and oxygen atoms in total. The van der Waals surface area contributed by atoms with Crippen LogP contribution in [0, 0.1) is 11.8 Å². The molecule has 0 bridgehead atoms. The van der Waals surface area contributed by atoms with Crippen molar-refractivity contribution in [2.24, 2.45) is 11.8 Å². The van der Waals surface area contributed by atoms with E-state index in [-0.39, 0.29) is 11.8 Å². The minimum atomic E-state index is 0.116. The SMILES string of the molecule is O=C(c1ccc(Cl)cc1)N1CCC(CCCC2CCN(C(=O)c3ccc(Cl)cc3)CC2)CC1. The fraction of sp³-hybridized carbons (Fsp3) is 0.481. The van der Waals surface area contributed by atoms with Crippen molar-refractivity contribution >= 4 is 35.0 Å². The van der Waals surface area contributed by atoms with Gasteiger partial charge in [0.05, 0.1) is 0 Å². The molecule has 2 aromatic rings. The summed E-state index contributed by atoms with van der Waals surface area (Å²) < 4.78 is 0. The Morgan fingerprint density at radius 2 is 0.970 bits per heavy atom. The van der Waals surface area contributed by atoms with Crippen LogP contribution >= 0.6 is 23.2 Å². The predicted octanol–water partition coefficient (Wildman–Crippen LogP) is 6.57. The van der Waals surface area contributed by atoms with Crippen molar-refractivity contribution in [2.75, 3.05) is 26.2 Å². The minimum Gasteiger partial charge on any atom is -0.339 e. The first kappa shape index (κ1) is 24.1. The quantitative estimate of drug-likeness (QED) is 0.463. The zero-order valence-electron chi connectivity index (χ0n) is 19.0. The molecule has 33 heavy (non-hydrogen) atoms. The van der Waals surface area contributed by atoms with Crippen molar-refractivity contribution < 1.29 is 9.59 Å². The molecule has 0 spiro atoms. The van der Waals surface area contributed by atoms with Crippen LogP contribution in [0.2, 0.25) is 10.0 Å². The molecule has 176 valence electrons. The average Bonchev–Trinajstić information content (AvgIpc) is 2.85. The first-order valence-corrected chi connectivity index (χ1v) is 12.8. The summed E-state index contributed by atoms with van der Waals surface area (Å²) in [4.78, 5) is 29.3. The maximum atomic E-state index is 12.7. The van der Waals surface area contributed by atoms with E-state index in [9.17, 15) is 9.59 Å². The minimum absolute atomic E-state index is 0.116. The summed E-state index contributed by atoms with van der Waals surface area (Å²) in [5, 5.41) is 1.31. The third-order valence-corrected chi connectivity index (χ3v) is 7.71. The van der Waals surface area contributed by atoms with Gasteiger partial charge in [-0.15, -0.1) is 0 Å². The van der Waals surface area contributed by atoms with Gasteiger partial charge in [-0.2, -0.15) is 0 Å². The molecule has 0 unspecified atom stereocenters. The van der Waals surface area contributed by atoms with Gasteiger partial charge in [0.15, 0.2) is 0 Å². The second-order valence-corrected chi connectivity index (χ2v) is 10.3. The molecule has 0 radical (unpaired) electrons. The highest BCUT2D eigenvalue weighted by Crippen LogP contribution is 2.28. The van der Waals surface area contributed by atoms with Gasteiger partial charge in [-0.05, 0) is 86.1 Å². The summed E-state index contributed by atoms with van der Waals surface area (Å²) in [6.07, 6.45) is 8.09. The van der Waals surface area contributed by atoms with E-state index in [1.807, 2.05) is 34.1 Å². The van der Waals surface area contributed by atoms with Gasteiger partial charge in [-0.1, -0.05) is 42.5 Å². The van der Waals surface area contributed by atoms with Crippen molar-refractivity contribution in [1.82, 2.24) is 9.80 Å². The average molecular weight is 487 g/mol. The highest BCUT2D eigenvalue weighted by Gasteiger charge is 2.26. The Morgan fingerprint density at radius 3 is 1.30 bits per heavy atom. The second kappa shape index (κ2) is 11.4. The smallest absolute Gasteiger partial charge is 0.253 e. The molecule has 4 rings (SSSR count). The van der Waals surface area contributed by atoms with Gasteiger partial charge in [0.2, 0.25) is 0 Å². The van der Waals surface area contributed by atoms with Gasteiger partial charge in [-0.25, -0.2) is 0 Å². The van der Waals surface area contributed by atoms with E-state index in [1.165, 1.54) is 19.3 Å². The van der Waals surface area contributed by atoms with Crippen LogP contribution in [-0.2, 0) is 0 Å². The first-order chi connectivity index (χ1) is 16.0. The summed E-state index contributed by atoms with van der Waals surface area (Å²) in [6.45, 7) is 3.38. The molecular weight excluding hydrogens is 455 g/mol. The van der Waals surface area contributed by atoms with E-state index in [1.54, 1.807) is 24.3 Å². The van der Waals surface area contributed by atoms with Crippen LogP contribution in [-0.4, -0.2) is 47.8 Å². The van der Waals surface area contributed by atoms with Crippen LogP contribution in [0.1, 0.15) is 65.7 Å². The molecular formula is C27H32Cl2N2O2. The number of likely N-dealkylation sites (tertiary alicyclic amines) is 2. The predicted molar refractivity (Wildman–Crippen MR) is 134 cm³/mol. The molecule has 2 heterocycles. The van der Waals surface area contributed by atoms with E-state index in [4.69, 9.17) is 23.2 Å². The lowest BCUT2D eigenvalue weighted by Crippen LogP contribution is -2.39. The summed E-state index contributed by atoms with van der Waals surface area (Å²) in [5.41, 5.74) is 1.44. The number of piperidine rings is 2. The normalized spacial score (nSPS) is 17.9. The highest BCUT2D eigenvalue weighted by molar-refractivity contribution is 6.31. The van der Waals surface area contributed by atoms with E-state index in [0.29, 0.717) is 21.9 Å². The van der Waals surface area contributed by atoms with Crippen LogP contribution in [0.15, 0.2) is 48.5 Å². The summed E-state index contributed by atoms with van der Waals surface area (Å²) in [6, 6.07) is 14.4. The lowest BCUT2D eigenvalue weighted by atomic mass is 9.86. The third kappa shape index (κ3) is 6.51. The summed E-state index contributed by atoms with van der Waals surface area (Å²) >= 11 is 11.9. The van der Waals surface area contributed by atoms with Gasteiger partial charge in [-0.3, -0.25) is 9.59 Å². The fourth-order valence-electron chi connectivity index (χ4n) is 5.09. The van der Waals surface area contributed by atoms with E-state index < -0.39 is 0 Å². The lowest BCUT2D eigenvalue weighted by Gasteiger charge is -2.34. The number of carbonyl (C=O) groups is 2. The number of hydrogen-bond acceptors (Lipinski definition) is 2. The molecule has 0 aliphatic carbocycles. The summed E-state index contributed by atoms with van der Waals surface area (Å²) in [5.74, 6) is 1.66. The molecule has 0 saturated carbocycles. The molecule has 0 aromatic heterocycles. The Bertz CT molecular complexity index is 852. The molecule has 2 aromatic carbocycles. The highest BCUT2D eigenvalue weighted by atomic mass is 35.5. The van der Waals surface area contributed by atoms with Crippen molar-refractivity contribution in [3.05, 3.63) is 69.7 Å². The molecule has 2 aliphatic heterocycles. The monoisotopic (exact) mass is 486 g/mol. The molecule has 0 atom stereocenters. The van der Waals surface area contributed by atoms with Gasteiger partial charge < -0.3 is 9.80 Å². The Hall–Kier alpha value is -2.04. The second-order valence-electron chi connectivity index (χ2n) is 9.42. The van der Waals surface area contributed by atoms with Gasteiger partial charge in [0.1, 0.15) is 0 Å². The maximum absolute atomic E-state index is 12.7. The van der Waals surface area contributed by atoms with E-state index >= 15 is 0 Å².